The number of anilines is 1. The lowest BCUT2D eigenvalue weighted by molar-refractivity contribution is 1.13. The van der Waals surface area contributed by atoms with E-state index in [1.54, 1.807) is 0 Å². The van der Waals surface area contributed by atoms with Gasteiger partial charge in [0.2, 0.25) is 0 Å². The van der Waals surface area contributed by atoms with Gasteiger partial charge in [0.15, 0.2) is 0 Å². The Hall–Kier alpha value is -2.87. The van der Waals surface area contributed by atoms with Crippen LogP contribution in [0.1, 0.15) is 11.1 Å². The minimum atomic E-state index is 0.991. The fourth-order valence-electron chi connectivity index (χ4n) is 2.47. The van der Waals surface area contributed by atoms with Crippen LogP contribution in [0.5, 0.6) is 0 Å². The molecule has 0 aliphatic carbocycles. The van der Waals surface area contributed by atoms with Crippen molar-refractivity contribution in [1.82, 2.24) is 4.98 Å². The van der Waals surface area contributed by atoms with Crippen LogP contribution in [-0.4, -0.2) is 19.1 Å². The normalized spacial score (nSPS) is 10.9. The minimum Gasteiger partial charge on any atom is -0.378 e. The fraction of sp³-hybridized carbons (Fsp3) is 0.0952. The van der Waals surface area contributed by atoms with E-state index < -0.39 is 0 Å². The third-order valence-electron chi connectivity index (χ3n) is 3.75. The van der Waals surface area contributed by atoms with Crippen molar-refractivity contribution in [2.24, 2.45) is 0 Å². The van der Waals surface area contributed by atoms with Gasteiger partial charge in [-0.25, -0.2) is 0 Å². The second-order valence-corrected chi connectivity index (χ2v) is 5.62. The van der Waals surface area contributed by atoms with Gasteiger partial charge in [-0.2, -0.15) is 0 Å². The molecule has 0 saturated carbocycles. The summed E-state index contributed by atoms with van der Waals surface area (Å²) < 4.78 is 0. The molecule has 0 spiro atoms. The largest absolute Gasteiger partial charge is 0.378 e. The molecule has 0 aliphatic rings. The van der Waals surface area contributed by atoms with Gasteiger partial charge >= 0.3 is 0 Å². The smallest absolute Gasteiger partial charge is 0.0707 e. The maximum absolute atomic E-state index is 4.49. The molecule has 0 radical (unpaired) electrons. The third-order valence-corrected chi connectivity index (χ3v) is 3.75. The third kappa shape index (κ3) is 3.67. The van der Waals surface area contributed by atoms with Gasteiger partial charge in [-0.3, -0.25) is 4.98 Å². The first kappa shape index (κ1) is 15.0. The molecule has 1 heterocycles. The molecule has 0 N–H and O–H groups in total. The van der Waals surface area contributed by atoms with E-state index in [1.165, 1.54) is 16.8 Å². The Balaban J connectivity index is 2.05. The molecule has 2 aromatic carbocycles. The predicted octanol–water partition coefficient (Wildman–Crippen LogP) is 4.99. The number of hydrogen-bond acceptors (Lipinski definition) is 2. The molecule has 0 aliphatic heterocycles. The highest BCUT2D eigenvalue weighted by atomic mass is 15.1. The van der Waals surface area contributed by atoms with E-state index in [-0.39, 0.29) is 0 Å². The van der Waals surface area contributed by atoms with Gasteiger partial charge in [0.05, 0.1) is 5.69 Å². The lowest BCUT2D eigenvalue weighted by Gasteiger charge is -2.15. The Morgan fingerprint density at radius 2 is 1.61 bits per heavy atom. The lowest BCUT2D eigenvalue weighted by atomic mass is 10.0. The van der Waals surface area contributed by atoms with Gasteiger partial charge in [-0.1, -0.05) is 54.6 Å². The van der Waals surface area contributed by atoms with Crippen molar-refractivity contribution in [2.75, 3.05) is 19.0 Å². The second kappa shape index (κ2) is 6.93. The fourth-order valence-corrected chi connectivity index (χ4v) is 2.47. The van der Waals surface area contributed by atoms with Crippen molar-refractivity contribution < 1.29 is 0 Å². The van der Waals surface area contributed by atoms with Crippen molar-refractivity contribution in [3.8, 4) is 11.3 Å². The molecule has 0 saturated heterocycles. The highest BCUT2D eigenvalue weighted by Crippen LogP contribution is 2.27. The lowest BCUT2D eigenvalue weighted by Crippen LogP contribution is -2.08. The number of benzene rings is 2. The molecule has 0 fully saturated rings. The first-order valence-electron chi connectivity index (χ1n) is 7.70. The Morgan fingerprint density at radius 1 is 0.826 bits per heavy atom. The highest BCUT2D eigenvalue weighted by Gasteiger charge is 2.06. The highest BCUT2D eigenvalue weighted by molar-refractivity contribution is 5.81. The number of aromatic nitrogens is 1. The van der Waals surface area contributed by atoms with E-state index in [1.807, 2.05) is 30.5 Å². The summed E-state index contributed by atoms with van der Waals surface area (Å²) in [6.45, 7) is 0. The van der Waals surface area contributed by atoms with E-state index >= 15 is 0 Å². The first-order valence-corrected chi connectivity index (χ1v) is 7.70. The van der Waals surface area contributed by atoms with Gasteiger partial charge in [0, 0.05) is 31.5 Å². The number of nitrogens with zero attached hydrogens (tertiary/aromatic N) is 2. The maximum Gasteiger partial charge on any atom is 0.0707 e. The second-order valence-electron chi connectivity index (χ2n) is 5.62. The van der Waals surface area contributed by atoms with Crippen LogP contribution in [0.25, 0.3) is 23.4 Å². The zero-order valence-electron chi connectivity index (χ0n) is 13.5. The van der Waals surface area contributed by atoms with E-state index in [0.717, 1.165) is 11.3 Å². The maximum atomic E-state index is 4.49. The van der Waals surface area contributed by atoms with Gasteiger partial charge in [-0.15, -0.1) is 0 Å². The van der Waals surface area contributed by atoms with Crippen LogP contribution in [-0.2, 0) is 0 Å². The van der Waals surface area contributed by atoms with E-state index in [2.05, 4.69) is 78.6 Å². The summed E-state index contributed by atoms with van der Waals surface area (Å²) in [5.74, 6) is 0. The van der Waals surface area contributed by atoms with E-state index in [4.69, 9.17) is 0 Å². The Labute approximate surface area is 137 Å². The van der Waals surface area contributed by atoms with Crippen molar-refractivity contribution >= 4 is 17.8 Å². The molecule has 2 heteroatoms. The number of hydrogen-bond donors (Lipinski definition) is 0. The zero-order valence-corrected chi connectivity index (χ0v) is 13.5. The average molecular weight is 300 g/mol. The molecular weight excluding hydrogens is 280 g/mol. The molecule has 0 unspecified atom stereocenters. The number of rotatable bonds is 4. The molecule has 1 aromatic heterocycles. The van der Waals surface area contributed by atoms with Crippen LogP contribution >= 0.6 is 0 Å². The van der Waals surface area contributed by atoms with E-state index in [9.17, 15) is 0 Å². The molecule has 3 rings (SSSR count). The summed E-state index contributed by atoms with van der Waals surface area (Å²) in [5.41, 5.74) is 5.67. The monoisotopic (exact) mass is 300 g/mol. The molecule has 2 nitrogen and oxygen atoms in total. The van der Waals surface area contributed by atoms with Crippen molar-refractivity contribution in [1.29, 1.82) is 0 Å². The summed E-state index contributed by atoms with van der Waals surface area (Å²) in [6.07, 6.45) is 6.13. The molecule has 0 atom stereocenters. The molecule has 23 heavy (non-hydrogen) atoms. The standard InChI is InChI=1S/C21H20N2/c1-23(2)19-13-14-20(21-10-6-7-15-22-21)18(16-19)12-11-17-8-4-3-5-9-17/h3-16H,1-2H3/b12-11+. The van der Waals surface area contributed by atoms with E-state index in [0.29, 0.717) is 0 Å². The zero-order chi connectivity index (χ0) is 16.1. The topological polar surface area (TPSA) is 16.1 Å². The Morgan fingerprint density at radius 3 is 2.30 bits per heavy atom. The SMILES string of the molecule is CN(C)c1ccc(-c2ccccn2)c(/C=C/c2ccccc2)c1. The Bertz CT molecular complexity index is 791. The van der Waals surface area contributed by atoms with Gasteiger partial charge in [0.25, 0.3) is 0 Å². The van der Waals surface area contributed by atoms with Crippen LogP contribution in [0.4, 0.5) is 5.69 Å². The molecular formula is C21H20N2. The summed E-state index contributed by atoms with van der Waals surface area (Å²) in [4.78, 5) is 6.60. The van der Waals surface area contributed by atoms with Crippen LogP contribution in [0.15, 0.2) is 72.9 Å². The summed E-state index contributed by atoms with van der Waals surface area (Å²) in [7, 11) is 4.11. The molecule has 114 valence electrons. The van der Waals surface area contributed by atoms with Crippen LogP contribution in [0.3, 0.4) is 0 Å². The minimum absolute atomic E-state index is 0.991. The van der Waals surface area contributed by atoms with Crippen molar-refractivity contribution in [3.05, 3.63) is 84.1 Å². The summed E-state index contributed by atoms with van der Waals surface area (Å²) in [5, 5.41) is 0. The van der Waals surface area contributed by atoms with Gasteiger partial charge < -0.3 is 4.90 Å². The Kier molecular flexibility index (Phi) is 4.53. The van der Waals surface area contributed by atoms with Crippen LogP contribution in [0.2, 0.25) is 0 Å². The van der Waals surface area contributed by atoms with Gasteiger partial charge in [0.1, 0.15) is 0 Å². The van der Waals surface area contributed by atoms with Crippen LogP contribution in [0, 0.1) is 0 Å². The molecule has 0 bridgehead atoms. The molecule has 3 aromatic rings. The average Bonchev–Trinajstić information content (AvgIpc) is 2.61. The summed E-state index contributed by atoms with van der Waals surface area (Å²) >= 11 is 0. The predicted molar refractivity (Wildman–Crippen MR) is 99.4 cm³/mol. The van der Waals surface area contributed by atoms with Crippen molar-refractivity contribution in [2.45, 2.75) is 0 Å². The van der Waals surface area contributed by atoms with Crippen LogP contribution < -0.4 is 4.90 Å². The first-order chi connectivity index (χ1) is 11.2. The molecule has 0 amide bonds. The summed E-state index contributed by atoms with van der Waals surface area (Å²) in [6, 6.07) is 22.8. The van der Waals surface area contributed by atoms with Gasteiger partial charge in [-0.05, 0) is 35.4 Å². The van der Waals surface area contributed by atoms with Crippen molar-refractivity contribution in [3.63, 3.8) is 0 Å². The quantitative estimate of drug-likeness (QED) is 0.631. The number of pyridine rings is 1.